The van der Waals surface area contributed by atoms with Crippen LogP contribution in [-0.4, -0.2) is 22.5 Å². The zero-order valence-corrected chi connectivity index (χ0v) is 15.9. The molecule has 0 spiro atoms. The van der Waals surface area contributed by atoms with Gasteiger partial charge in [-0.1, -0.05) is 34.6 Å². The van der Waals surface area contributed by atoms with Crippen molar-refractivity contribution in [2.45, 2.75) is 105 Å². The molecule has 0 N–H and O–H groups in total. The molecule has 0 bridgehead atoms. The molecule has 124 valence electrons. The number of hydrogen-bond acceptors (Lipinski definition) is 1. The fraction of sp³-hybridized carbons (Fsp3) is 1.00. The number of likely N-dealkylation sites (tertiary alicyclic amines) is 1. The Morgan fingerprint density at radius 3 is 1.76 bits per heavy atom. The molecule has 0 aromatic rings. The molecule has 1 nitrogen and oxygen atoms in total. The minimum atomic E-state index is 0.360. The molecule has 1 aliphatic heterocycles. The molecule has 2 rings (SSSR count). The van der Waals surface area contributed by atoms with Crippen LogP contribution in [0.25, 0.3) is 0 Å². The maximum atomic E-state index is 2.96. The summed E-state index contributed by atoms with van der Waals surface area (Å²) in [6.45, 7) is 19.8. The molecule has 5 atom stereocenters. The van der Waals surface area contributed by atoms with E-state index in [2.05, 4.69) is 60.3 Å². The molecule has 0 aromatic carbocycles. The molecule has 0 radical (unpaired) electrons. The SMILES string of the molecule is CCC1(CC)CC(C)(C)N(C2C(C)CC(C)C[C@H]2C)C1C. The topological polar surface area (TPSA) is 3.24 Å². The molecule has 21 heavy (non-hydrogen) atoms. The Morgan fingerprint density at radius 1 is 0.905 bits per heavy atom. The van der Waals surface area contributed by atoms with Crippen LogP contribution >= 0.6 is 0 Å². The normalized spacial score (nSPS) is 43.1. The second kappa shape index (κ2) is 5.87. The molecule has 2 fully saturated rings. The van der Waals surface area contributed by atoms with E-state index in [0.717, 1.165) is 29.8 Å². The van der Waals surface area contributed by atoms with Gasteiger partial charge in [-0.15, -0.1) is 0 Å². The lowest BCUT2D eigenvalue weighted by Crippen LogP contribution is -2.56. The standard InChI is InChI=1S/C20H39N/c1-9-20(10-2)13-19(7,8)21(17(20)6)18-15(4)11-14(3)12-16(18)5/h14-18H,9-13H2,1-8H3/t14?,15-,16?,17?,18?/m1/s1. The largest absolute Gasteiger partial charge is 0.291 e. The van der Waals surface area contributed by atoms with Crippen molar-refractivity contribution in [1.29, 1.82) is 0 Å². The summed E-state index contributed by atoms with van der Waals surface area (Å²) in [6, 6.07) is 1.51. The van der Waals surface area contributed by atoms with Crippen molar-refractivity contribution in [2.75, 3.05) is 0 Å². The Balaban J connectivity index is 2.33. The Hall–Kier alpha value is -0.0400. The molecule has 4 unspecified atom stereocenters. The average molecular weight is 294 g/mol. The average Bonchev–Trinajstić information content (AvgIpc) is 2.58. The Labute approximate surface area is 133 Å². The molecule has 0 amide bonds. The van der Waals surface area contributed by atoms with Gasteiger partial charge >= 0.3 is 0 Å². The summed E-state index contributed by atoms with van der Waals surface area (Å²) in [7, 11) is 0. The second-order valence-corrected chi connectivity index (χ2v) is 9.16. The third-order valence-corrected chi connectivity index (χ3v) is 7.23. The number of rotatable bonds is 3. The van der Waals surface area contributed by atoms with E-state index in [0.29, 0.717) is 11.0 Å². The van der Waals surface area contributed by atoms with Crippen LogP contribution in [0.4, 0.5) is 0 Å². The van der Waals surface area contributed by atoms with E-state index in [4.69, 9.17) is 0 Å². The highest BCUT2D eigenvalue weighted by Gasteiger charge is 2.55. The third kappa shape index (κ3) is 2.80. The Morgan fingerprint density at radius 2 is 1.38 bits per heavy atom. The van der Waals surface area contributed by atoms with Crippen molar-refractivity contribution in [3.8, 4) is 0 Å². The van der Waals surface area contributed by atoms with E-state index in [1.807, 2.05) is 0 Å². The first kappa shape index (κ1) is 17.3. The predicted molar refractivity (Wildman–Crippen MR) is 93.5 cm³/mol. The van der Waals surface area contributed by atoms with E-state index in [1.54, 1.807) is 0 Å². The van der Waals surface area contributed by atoms with Gasteiger partial charge in [0.1, 0.15) is 0 Å². The van der Waals surface area contributed by atoms with Gasteiger partial charge in [-0.2, -0.15) is 0 Å². The van der Waals surface area contributed by atoms with Crippen molar-refractivity contribution in [1.82, 2.24) is 4.90 Å². The lowest BCUT2D eigenvalue weighted by Gasteiger charge is -2.50. The quantitative estimate of drug-likeness (QED) is 0.641. The molecule has 1 saturated carbocycles. The third-order valence-electron chi connectivity index (χ3n) is 7.23. The summed E-state index contributed by atoms with van der Waals surface area (Å²) in [4.78, 5) is 2.96. The zero-order valence-electron chi connectivity index (χ0n) is 15.9. The first-order chi connectivity index (χ1) is 9.68. The molecule has 1 heteroatoms. The summed E-state index contributed by atoms with van der Waals surface area (Å²) < 4.78 is 0. The van der Waals surface area contributed by atoms with Crippen LogP contribution < -0.4 is 0 Å². The van der Waals surface area contributed by atoms with Crippen molar-refractivity contribution in [3.05, 3.63) is 0 Å². The van der Waals surface area contributed by atoms with Gasteiger partial charge in [-0.05, 0) is 76.0 Å². The predicted octanol–water partition coefficient (Wildman–Crippen LogP) is 5.74. The van der Waals surface area contributed by atoms with Crippen LogP contribution in [0.3, 0.4) is 0 Å². The number of hydrogen-bond donors (Lipinski definition) is 0. The van der Waals surface area contributed by atoms with Crippen molar-refractivity contribution >= 4 is 0 Å². The summed E-state index contributed by atoms with van der Waals surface area (Å²) in [5, 5.41) is 0. The van der Waals surface area contributed by atoms with E-state index >= 15 is 0 Å². The van der Waals surface area contributed by atoms with E-state index in [9.17, 15) is 0 Å². The molecular weight excluding hydrogens is 254 g/mol. The van der Waals surface area contributed by atoms with Gasteiger partial charge < -0.3 is 0 Å². The van der Waals surface area contributed by atoms with E-state index in [1.165, 1.54) is 32.1 Å². The Bertz CT molecular complexity index is 343. The van der Waals surface area contributed by atoms with Crippen LogP contribution in [0.15, 0.2) is 0 Å². The first-order valence-electron chi connectivity index (χ1n) is 9.47. The highest BCUT2D eigenvalue weighted by atomic mass is 15.3. The van der Waals surface area contributed by atoms with Gasteiger partial charge in [-0.3, -0.25) is 4.90 Å². The zero-order chi connectivity index (χ0) is 16.0. The summed E-state index contributed by atoms with van der Waals surface area (Å²) in [6.07, 6.45) is 6.87. The summed E-state index contributed by atoms with van der Waals surface area (Å²) in [5.74, 6) is 2.60. The van der Waals surface area contributed by atoms with Gasteiger partial charge in [0.05, 0.1) is 0 Å². The van der Waals surface area contributed by atoms with Crippen LogP contribution in [0.5, 0.6) is 0 Å². The maximum Gasteiger partial charge on any atom is 0.0165 e. The molecule has 1 heterocycles. The van der Waals surface area contributed by atoms with Crippen molar-refractivity contribution in [3.63, 3.8) is 0 Å². The highest BCUT2D eigenvalue weighted by molar-refractivity contribution is 5.09. The summed E-state index contributed by atoms with van der Waals surface area (Å²) >= 11 is 0. The van der Waals surface area contributed by atoms with E-state index < -0.39 is 0 Å². The van der Waals surface area contributed by atoms with Crippen LogP contribution in [0, 0.1) is 23.2 Å². The second-order valence-electron chi connectivity index (χ2n) is 9.16. The summed E-state index contributed by atoms with van der Waals surface area (Å²) in [5.41, 5.74) is 0.894. The monoisotopic (exact) mass is 293 g/mol. The minimum Gasteiger partial charge on any atom is -0.291 e. The van der Waals surface area contributed by atoms with Gasteiger partial charge in [-0.25, -0.2) is 0 Å². The maximum absolute atomic E-state index is 2.96. The Kier molecular flexibility index (Phi) is 4.84. The minimum absolute atomic E-state index is 0.360. The fourth-order valence-corrected chi connectivity index (χ4v) is 6.43. The van der Waals surface area contributed by atoms with E-state index in [-0.39, 0.29) is 0 Å². The molecule has 2 aliphatic rings. The molecule has 1 saturated heterocycles. The van der Waals surface area contributed by atoms with Gasteiger partial charge in [0.15, 0.2) is 0 Å². The lowest BCUT2D eigenvalue weighted by molar-refractivity contribution is -0.0200. The van der Waals surface area contributed by atoms with Crippen LogP contribution in [-0.2, 0) is 0 Å². The highest BCUT2D eigenvalue weighted by Crippen LogP contribution is 2.54. The molecule has 1 aliphatic carbocycles. The fourth-order valence-electron chi connectivity index (χ4n) is 6.43. The molecule has 0 aromatic heterocycles. The van der Waals surface area contributed by atoms with Crippen molar-refractivity contribution in [2.24, 2.45) is 23.2 Å². The van der Waals surface area contributed by atoms with Gasteiger partial charge in [0.25, 0.3) is 0 Å². The van der Waals surface area contributed by atoms with Crippen LogP contribution in [0.1, 0.15) is 87.5 Å². The molecular formula is C20H39N. The smallest absolute Gasteiger partial charge is 0.0165 e. The van der Waals surface area contributed by atoms with Crippen LogP contribution in [0.2, 0.25) is 0 Å². The number of nitrogens with zero attached hydrogens (tertiary/aromatic N) is 1. The van der Waals surface area contributed by atoms with Gasteiger partial charge in [0, 0.05) is 17.6 Å². The van der Waals surface area contributed by atoms with Gasteiger partial charge in [0.2, 0.25) is 0 Å². The first-order valence-corrected chi connectivity index (χ1v) is 9.47. The lowest BCUT2D eigenvalue weighted by atomic mass is 9.71. The van der Waals surface area contributed by atoms with Crippen molar-refractivity contribution < 1.29 is 0 Å².